The Hall–Kier alpha value is -0.661. The van der Waals surface area contributed by atoms with E-state index in [2.05, 4.69) is 0 Å². The van der Waals surface area contributed by atoms with E-state index >= 15 is 0 Å². The summed E-state index contributed by atoms with van der Waals surface area (Å²) in [6, 6.07) is 6.57. The van der Waals surface area contributed by atoms with E-state index in [1.807, 2.05) is 0 Å². The number of hydrogen-bond donors (Lipinski definition) is 1. The third-order valence-electron chi connectivity index (χ3n) is 1.07. The zero-order chi connectivity index (χ0) is 6.69. The summed E-state index contributed by atoms with van der Waals surface area (Å²) in [6.07, 6.45) is 0. The van der Waals surface area contributed by atoms with E-state index < -0.39 is 0 Å². The molecule has 0 aromatic heterocycles. The minimum atomic E-state index is 0. The van der Waals surface area contributed by atoms with Crippen LogP contribution in [0, 0.1) is 0 Å². The number of benzene rings is 1. The van der Waals surface area contributed by atoms with Gasteiger partial charge in [-0.15, -0.1) is 0 Å². The Balaban J connectivity index is 0.000000810. The van der Waals surface area contributed by atoms with Crippen molar-refractivity contribution in [3.05, 3.63) is 24.3 Å². The second-order valence-corrected chi connectivity index (χ2v) is 1.70. The zero-order valence-electron chi connectivity index (χ0n) is 5.47. The summed E-state index contributed by atoms with van der Waals surface area (Å²) in [5, 5.41) is 8.80. The first-order valence-corrected chi connectivity index (χ1v) is 2.66. The molecule has 0 bridgehead atoms. The largest absolute Gasteiger partial charge is 0.508 e. The fourth-order valence-electron chi connectivity index (χ4n) is 0.582. The molecule has 0 saturated carbocycles. The number of phenolic OH excluding ortho intramolecular Hbond substituents is 1. The van der Waals surface area contributed by atoms with Gasteiger partial charge < -0.3 is 9.84 Å². The van der Waals surface area contributed by atoms with Crippen LogP contribution in [0.15, 0.2) is 24.3 Å². The van der Waals surface area contributed by atoms with Crippen molar-refractivity contribution in [2.45, 2.75) is 0 Å². The number of ether oxygens (including phenoxy) is 1. The van der Waals surface area contributed by atoms with Crippen LogP contribution < -0.4 is 4.74 Å². The molecule has 0 heterocycles. The summed E-state index contributed by atoms with van der Waals surface area (Å²) in [5.74, 6) is 1.02. The monoisotopic (exact) mass is 187 g/mol. The molecule has 1 aromatic carbocycles. The summed E-state index contributed by atoms with van der Waals surface area (Å²) >= 11 is 0. The second-order valence-electron chi connectivity index (χ2n) is 1.70. The molecule has 0 atom stereocenters. The van der Waals surface area contributed by atoms with E-state index in [1.165, 1.54) is 0 Å². The molecule has 3 heteroatoms. The maximum Gasteiger partial charge on any atom is 0.119 e. The minimum Gasteiger partial charge on any atom is -0.508 e. The topological polar surface area (TPSA) is 29.5 Å². The summed E-state index contributed by atoms with van der Waals surface area (Å²) in [5.41, 5.74) is 0. The molecule has 0 fully saturated rings. The second kappa shape index (κ2) is 4.20. The van der Waals surface area contributed by atoms with E-state index in [0.717, 1.165) is 5.75 Å². The van der Waals surface area contributed by atoms with Crippen LogP contribution in [0.25, 0.3) is 0 Å². The van der Waals surface area contributed by atoms with Gasteiger partial charge in [-0.1, -0.05) is 0 Å². The van der Waals surface area contributed by atoms with Gasteiger partial charge in [-0.05, 0) is 24.3 Å². The predicted octanol–water partition coefficient (Wildman–Crippen LogP) is 1.40. The van der Waals surface area contributed by atoms with Gasteiger partial charge in [-0.2, -0.15) is 0 Å². The Morgan fingerprint density at radius 3 is 2.10 bits per heavy atom. The molecule has 1 radical (unpaired) electrons. The van der Waals surface area contributed by atoms with Crippen molar-refractivity contribution in [3.8, 4) is 11.5 Å². The first kappa shape index (κ1) is 9.34. The minimum absolute atomic E-state index is 0. The predicted molar refractivity (Wildman–Crippen MR) is 34.7 cm³/mol. The molecule has 0 unspecified atom stereocenters. The van der Waals surface area contributed by atoms with Crippen LogP contribution >= 0.6 is 0 Å². The number of hydrogen-bond acceptors (Lipinski definition) is 2. The van der Waals surface area contributed by atoms with E-state index in [1.54, 1.807) is 31.4 Å². The number of aromatic hydroxyl groups is 1. The van der Waals surface area contributed by atoms with Crippen LogP contribution in [0.5, 0.6) is 11.5 Å². The van der Waals surface area contributed by atoms with Crippen LogP contribution in [0.3, 0.4) is 0 Å². The van der Waals surface area contributed by atoms with Crippen LogP contribution in [0.4, 0.5) is 0 Å². The molecule has 0 aliphatic rings. The molecule has 1 aromatic rings. The Morgan fingerprint density at radius 2 is 1.70 bits per heavy atom. The van der Waals surface area contributed by atoms with Crippen molar-refractivity contribution >= 4 is 0 Å². The molecule has 0 amide bonds. The van der Waals surface area contributed by atoms with Crippen LogP contribution in [0.2, 0.25) is 0 Å². The van der Waals surface area contributed by atoms with Gasteiger partial charge in [0.25, 0.3) is 0 Å². The van der Waals surface area contributed by atoms with E-state index in [0.29, 0.717) is 0 Å². The average molecular weight is 188 g/mol. The summed E-state index contributed by atoms with van der Waals surface area (Å²) in [6.45, 7) is 0. The SMILES string of the molecule is COc1ccc(O)cc1.[Cu]. The van der Waals surface area contributed by atoms with Crippen LogP contribution in [0.1, 0.15) is 0 Å². The molecule has 1 rings (SSSR count). The maximum atomic E-state index is 8.80. The van der Waals surface area contributed by atoms with Gasteiger partial charge in [0.1, 0.15) is 11.5 Å². The van der Waals surface area contributed by atoms with Gasteiger partial charge in [0, 0.05) is 17.1 Å². The maximum absolute atomic E-state index is 8.80. The van der Waals surface area contributed by atoms with Gasteiger partial charge in [0.15, 0.2) is 0 Å². The molecule has 0 saturated heterocycles. The number of methoxy groups -OCH3 is 1. The van der Waals surface area contributed by atoms with Crippen molar-refractivity contribution in [2.24, 2.45) is 0 Å². The molecule has 1 N–H and O–H groups in total. The Labute approximate surface area is 70.3 Å². The smallest absolute Gasteiger partial charge is 0.119 e. The molecule has 0 spiro atoms. The van der Waals surface area contributed by atoms with Crippen LogP contribution in [-0.4, -0.2) is 12.2 Å². The van der Waals surface area contributed by atoms with Crippen molar-refractivity contribution in [1.82, 2.24) is 0 Å². The zero-order valence-corrected chi connectivity index (χ0v) is 6.41. The quantitative estimate of drug-likeness (QED) is 0.674. The normalized spacial score (nSPS) is 8.10. The first-order chi connectivity index (χ1) is 4.33. The Kier molecular flexibility index (Phi) is 3.92. The molecule has 0 aliphatic carbocycles. The fourth-order valence-corrected chi connectivity index (χ4v) is 0.582. The van der Waals surface area contributed by atoms with Crippen molar-refractivity contribution in [1.29, 1.82) is 0 Å². The van der Waals surface area contributed by atoms with Crippen molar-refractivity contribution in [3.63, 3.8) is 0 Å². The van der Waals surface area contributed by atoms with E-state index in [9.17, 15) is 0 Å². The third kappa shape index (κ3) is 2.29. The molecule has 59 valence electrons. The van der Waals surface area contributed by atoms with Gasteiger partial charge in [0.2, 0.25) is 0 Å². The third-order valence-corrected chi connectivity index (χ3v) is 1.07. The molecule has 0 aliphatic heterocycles. The molecular weight excluding hydrogens is 180 g/mol. The van der Waals surface area contributed by atoms with E-state index in [-0.39, 0.29) is 22.8 Å². The van der Waals surface area contributed by atoms with Gasteiger partial charge in [-0.25, -0.2) is 0 Å². The van der Waals surface area contributed by atoms with Gasteiger partial charge in [-0.3, -0.25) is 0 Å². The summed E-state index contributed by atoms with van der Waals surface area (Å²) in [4.78, 5) is 0. The standard InChI is InChI=1S/C7H8O2.Cu/c1-9-7-4-2-6(8)3-5-7;/h2-5,8H,1H3;. The van der Waals surface area contributed by atoms with Crippen LogP contribution in [-0.2, 0) is 17.1 Å². The first-order valence-electron chi connectivity index (χ1n) is 2.66. The molecule has 2 nitrogen and oxygen atoms in total. The average Bonchev–Trinajstić information content (AvgIpc) is 1.90. The summed E-state index contributed by atoms with van der Waals surface area (Å²) < 4.78 is 4.86. The molecular formula is C7H8CuO2. The van der Waals surface area contributed by atoms with E-state index in [4.69, 9.17) is 9.84 Å². The molecule has 10 heavy (non-hydrogen) atoms. The Morgan fingerprint density at radius 1 is 1.20 bits per heavy atom. The van der Waals surface area contributed by atoms with Gasteiger partial charge in [0.05, 0.1) is 7.11 Å². The summed E-state index contributed by atoms with van der Waals surface area (Å²) in [7, 11) is 1.59. The van der Waals surface area contributed by atoms with Crippen molar-refractivity contribution < 1.29 is 26.9 Å². The number of phenols is 1. The number of rotatable bonds is 1. The fraction of sp³-hybridized carbons (Fsp3) is 0.143. The Bertz CT molecular complexity index is 183. The van der Waals surface area contributed by atoms with Gasteiger partial charge >= 0.3 is 0 Å². The van der Waals surface area contributed by atoms with Crippen molar-refractivity contribution in [2.75, 3.05) is 7.11 Å².